The minimum absolute atomic E-state index is 0.845. The number of aromatic nitrogens is 1. The molecule has 2 N–H and O–H groups in total. The molecule has 82 valence electrons. The van der Waals surface area contributed by atoms with Gasteiger partial charge in [0.15, 0.2) is 0 Å². The third kappa shape index (κ3) is 2.51. The molecule has 1 heterocycles. The molecule has 1 aromatic carbocycles. The maximum Gasteiger partial charge on any atom is 0.132 e. The zero-order valence-corrected chi connectivity index (χ0v) is 9.49. The van der Waals surface area contributed by atoms with Crippen molar-refractivity contribution < 1.29 is 0 Å². The van der Waals surface area contributed by atoms with Gasteiger partial charge in [0.05, 0.1) is 0 Å². The third-order valence-electron chi connectivity index (χ3n) is 2.30. The molecule has 0 aliphatic heterocycles. The smallest absolute Gasteiger partial charge is 0.132 e. The Morgan fingerprint density at radius 2 is 1.75 bits per heavy atom. The Hall–Kier alpha value is -2.03. The molecular weight excluding hydrogens is 198 g/mol. The zero-order chi connectivity index (χ0) is 11.4. The fourth-order valence-corrected chi connectivity index (χ4v) is 1.51. The van der Waals surface area contributed by atoms with Gasteiger partial charge in [-0.15, -0.1) is 0 Å². The number of anilines is 3. The van der Waals surface area contributed by atoms with Crippen LogP contribution in [0.4, 0.5) is 17.3 Å². The van der Waals surface area contributed by atoms with Crippen LogP contribution in [0.5, 0.6) is 0 Å². The Morgan fingerprint density at radius 3 is 2.50 bits per heavy atom. The van der Waals surface area contributed by atoms with E-state index in [1.165, 1.54) is 5.56 Å². The molecule has 0 fully saturated rings. The molecule has 0 amide bonds. The van der Waals surface area contributed by atoms with Gasteiger partial charge in [0.25, 0.3) is 0 Å². The van der Waals surface area contributed by atoms with Crippen molar-refractivity contribution in [1.29, 1.82) is 0 Å². The average Bonchev–Trinajstić information content (AvgIpc) is 2.29. The van der Waals surface area contributed by atoms with Gasteiger partial charge in [-0.3, -0.25) is 0 Å². The topological polar surface area (TPSA) is 37.0 Å². The predicted octanol–water partition coefficient (Wildman–Crippen LogP) is 3.18. The van der Waals surface area contributed by atoms with Crippen LogP contribution in [0.1, 0.15) is 5.56 Å². The molecule has 0 bridgehead atoms. The number of hydrogen-bond donors (Lipinski definition) is 2. The Morgan fingerprint density at radius 1 is 1.00 bits per heavy atom. The second kappa shape index (κ2) is 4.66. The molecule has 0 aliphatic rings. The van der Waals surface area contributed by atoms with Crippen molar-refractivity contribution in [2.75, 3.05) is 17.7 Å². The van der Waals surface area contributed by atoms with Gasteiger partial charge in [-0.05, 0) is 36.8 Å². The molecule has 3 nitrogen and oxygen atoms in total. The fraction of sp³-hybridized carbons (Fsp3) is 0.154. The minimum Gasteiger partial charge on any atom is -0.373 e. The van der Waals surface area contributed by atoms with Gasteiger partial charge in [-0.1, -0.05) is 18.2 Å². The van der Waals surface area contributed by atoms with Crippen molar-refractivity contribution in [2.24, 2.45) is 0 Å². The first-order valence-corrected chi connectivity index (χ1v) is 5.26. The van der Waals surface area contributed by atoms with E-state index in [1.54, 1.807) is 0 Å². The molecule has 0 spiro atoms. The summed E-state index contributed by atoms with van der Waals surface area (Å²) >= 11 is 0. The number of aryl methyl sites for hydroxylation is 1. The summed E-state index contributed by atoms with van der Waals surface area (Å²) in [5, 5.41) is 6.28. The summed E-state index contributed by atoms with van der Waals surface area (Å²) in [6.07, 6.45) is 0. The molecular formula is C13H15N3. The predicted molar refractivity (Wildman–Crippen MR) is 68.2 cm³/mol. The molecule has 0 unspecified atom stereocenters. The van der Waals surface area contributed by atoms with E-state index < -0.39 is 0 Å². The Kier molecular flexibility index (Phi) is 3.05. The minimum atomic E-state index is 0.845. The Labute approximate surface area is 95.5 Å². The van der Waals surface area contributed by atoms with Crippen molar-refractivity contribution in [3.05, 3.63) is 48.0 Å². The number of pyridine rings is 1. The highest BCUT2D eigenvalue weighted by molar-refractivity contribution is 5.58. The molecule has 16 heavy (non-hydrogen) atoms. The van der Waals surface area contributed by atoms with Crippen molar-refractivity contribution in [1.82, 2.24) is 4.98 Å². The van der Waals surface area contributed by atoms with E-state index in [4.69, 9.17) is 0 Å². The Bertz CT molecular complexity index is 480. The number of rotatable bonds is 3. The monoisotopic (exact) mass is 213 g/mol. The molecule has 3 heteroatoms. The van der Waals surface area contributed by atoms with Gasteiger partial charge >= 0.3 is 0 Å². The first-order valence-electron chi connectivity index (χ1n) is 5.26. The third-order valence-corrected chi connectivity index (χ3v) is 2.30. The van der Waals surface area contributed by atoms with Crippen LogP contribution in [0.3, 0.4) is 0 Å². The lowest BCUT2D eigenvalue weighted by Gasteiger charge is -2.07. The van der Waals surface area contributed by atoms with E-state index in [0.717, 1.165) is 17.3 Å². The first-order chi connectivity index (χ1) is 7.78. The van der Waals surface area contributed by atoms with Crippen molar-refractivity contribution in [3.63, 3.8) is 0 Å². The molecule has 0 atom stereocenters. The summed E-state index contributed by atoms with van der Waals surface area (Å²) in [6, 6.07) is 14.1. The fourth-order valence-electron chi connectivity index (χ4n) is 1.51. The lowest BCUT2D eigenvalue weighted by atomic mass is 10.2. The van der Waals surface area contributed by atoms with Crippen LogP contribution in [-0.2, 0) is 0 Å². The normalized spacial score (nSPS) is 9.88. The van der Waals surface area contributed by atoms with E-state index in [0.29, 0.717) is 0 Å². The van der Waals surface area contributed by atoms with Crippen molar-refractivity contribution in [3.8, 4) is 0 Å². The van der Waals surface area contributed by atoms with Gasteiger partial charge in [-0.2, -0.15) is 0 Å². The van der Waals surface area contributed by atoms with Crippen LogP contribution in [0, 0.1) is 6.92 Å². The molecule has 2 aromatic rings. The van der Waals surface area contributed by atoms with Gasteiger partial charge in [-0.25, -0.2) is 4.98 Å². The lowest BCUT2D eigenvalue weighted by molar-refractivity contribution is 1.27. The summed E-state index contributed by atoms with van der Waals surface area (Å²) in [5.74, 6) is 1.70. The molecule has 0 saturated heterocycles. The summed E-state index contributed by atoms with van der Waals surface area (Å²) in [5.41, 5.74) is 2.29. The van der Waals surface area contributed by atoms with Gasteiger partial charge < -0.3 is 10.6 Å². The van der Waals surface area contributed by atoms with E-state index >= 15 is 0 Å². The van der Waals surface area contributed by atoms with Crippen LogP contribution in [-0.4, -0.2) is 12.0 Å². The number of nitrogens with zero attached hydrogens (tertiary/aromatic N) is 1. The van der Waals surface area contributed by atoms with Crippen LogP contribution < -0.4 is 10.6 Å². The summed E-state index contributed by atoms with van der Waals surface area (Å²) in [7, 11) is 1.86. The molecule has 1 aromatic heterocycles. The van der Waals surface area contributed by atoms with E-state index in [9.17, 15) is 0 Å². The molecule has 0 saturated carbocycles. The van der Waals surface area contributed by atoms with Gasteiger partial charge in [0, 0.05) is 12.7 Å². The summed E-state index contributed by atoms with van der Waals surface area (Å²) in [4.78, 5) is 4.39. The summed E-state index contributed by atoms with van der Waals surface area (Å²) < 4.78 is 0. The van der Waals surface area contributed by atoms with Gasteiger partial charge in [0.2, 0.25) is 0 Å². The highest BCUT2D eigenvalue weighted by Crippen LogP contribution is 2.16. The number of benzene rings is 1. The van der Waals surface area contributed by atoms with Crippen LogP contribution in [0.2, 0.25) is 0 Å². The molecule has 2 rings (SSSR count). The molecule has 0 aliphatic carbocycles. The SMILES string of the molecule is CNc1cccc(Nc2cccc(C)c2)n1. The van der Waals surface area contributed by atoms with E-state index in [-0.39, 0.29) is 0 Å². The highest BCUT2D eigenvalue weighted by atomic mass is 15.0. The van der Waals surface area contributed by atoms with Crippen molar-refractivity contribution in [2.45, 2.75) is 6.92 Å². The second-order valence-electron chi connectivity index (χ2n) is 3.65. The zero-order valence-electron chi connectivity index (χ0n) is 9.49. The van der Waals surface area contributed by atoms with Crippen molar-refractivity contribution >= 4 is 17.3 Å². The van der Waals surface area contributed by atoms with Crippen LogP contribution in [0.25, 0.3) is 0 Å². The Balaban J connectivity index is 2.20. The summed E-state index contributed by atoms with van der Waals surface area (Å²) in [6.45, 7) is 2.07. The van der Waals surface area contributed by atoms with Crippen LogP contribution in [0.15, 0.2) is 42.5 Å². The maximum absolute atomic E-state index is 4.39. The largest absolute Gasteiger partial charge is 0.373 e. The standard InChI is InChI=1S/C13H15N3/c1-10-5-3-6-11(9-10)15-13-8-4-7-12(14-2)16-13/h3-9H,1-2H3,(H2,14,15,16). The quantitative estimate of drug-likeness (QED) is 0.822. The first kappa shape index (κ1) is 10.5. The number of nitrogens with one attached hydrogen (secondary N) is 2. The van der Waals surface area contributed by atoms with E-state index in [2.05, 4.69) is 34.7 Å². The lowest BCUT2D eigenvalue weighted by Crippen LogP contribution is -1.97. The average molecular weight is 213 g/mol. The van der Waals surface area contributed by atoms with Crippen LogP contribution >= 0.6 is 0 Å². The highest BCUT2D eigenvalue weighted by Gasteiger charge is 1.97. The molecule has 0 radical (unpaired) electrons. The van der Waals surface area contributed by atoms with E-state index in [1.807, 2.05) is 37.4 Å². The maximum atomic E-state index is 4.39. The van der Waals surface area contributed by atoms with Gasteiger partial charge in [0.1, 0.15) is 11.6 Å². The number of hydrogen-bond acceptors (Lipinski definition) is 3. The second-order valence-corrected chi connectivity index (χ2v) is 3.65.